The molecule has 0 aliphatic carbocycles. The molecule has 0 saturated heterocycles. The molecule has 14 heteroatoms. The number of amides is 1. The van der Waals surface area contributed by atoms with Crippen molar-refractivity contribution in [3.63, 3.8) is 0 Å². The van der Waals surface area contributed by atoms with Crippen LogP contribution in [0.3, 0.4) is 0 Å². The van der Waals surface area contributed by atoms with Crippen LogP contribution in [0.1, 0.15) is 6.92 Å². The van der Waals surface area contributed by atoms with Gasteiger partial charge in [0.2, 0.25) is 5.91 Å². The first-order valence-corrected chi connectivity index (χ1v) is 11.7. The fourth-order valence-electron chi connectivity index (χ4n) is 3.00. The molecule has 3 aromatic rings. The molecule has 0 bridgehead atoms. The van der Waals surface area contributed by atoms with Crippen LogP contribution >= 0.6 is 0 Å². The first kappa shape index (κ1) is 24.1. The predicted molar refractivity (Wildman–Crippen MR) is 113 cm³/mol. The number of hydrogen-bond donors (Lipinski definition) is 2. The van der Waals surface area contributed by atoms with Gasteiger partial charge in [0.15, 0.2) is 5.75 Å². The van der Waals surface area contributed by atoms with Crippen LogP contribution in [0.25, 0.3) is 10.8 Å². The maximum Gasteiger partial charge on any atom is 0.221 e. The number of phenols is 1. The van der Waals surface area contributed by atoms with Gasteiger partial charge < -0.3 is 24.3 Å². The third-order valence-electron chi connectivity index (χ3n) is 4.34. The van der Waals surface area contributed by atoms with Crippen LogP contribution in [0.15, 0.2) is 62.5 Å². The number of ether oxygens (including phenoxy) is 1. The zero-order valence-electron chi connectivity index (χ0n) is 17.0. The SMILES string of the molecule is COc1ccccc1N=Nc1c(S(=O)(=O)[O-])cc2cc(S(=O)(=O)[O-])cc(NC(C)=O)c2c1O. The van der Waals surface area contributed by atoms with Crippen LogP contribution in [0.2, 0.25) is 0 Å². The smallest absolute Gasteiger partial charge is 0.221 e. The minimum absolute atomic E-state index is 0.142. The third-order valence-corrected chi connectivity index (χ3v) is 6.00. The second-order valence-corrected chi connectivity index (χ2v) is 9.33. The van der Waals surface area contributed by atoms with E-state index in [0.29, 0.717) is 0 Å². The van der Waals surface area contributed by atoms with E-state index in [0.717, 1.165) is 25.1 Å². The zero-order chi connectivity index (χ0) is 24.6. The molecule has 12 nitrogen and oxygen atoms in total. The number of azo groups is 1. The number of methoxy groups -OCH3 is 1. The molecule has 1 amide bonds. The van der Waals surface area contributed by atoms with Crippen molar-refractivity contribution in [3.05, 3.63) is 42.5 Å². The first-order chi connectivity index (χ1) is 15.3. The van der Waals surface area contributed by atoms with Crippen molar-refractivity contribution in [2.75, 3.05) is 12.4 Å². The van der Waals surface area contributed by atoms with Crippen LogP contribution in [-0.2, 0) is 25.0 Å². The summed E-state index contributed by atoms with van der Waals surface area (Å²) in [6, 6.07) is 8.52. The summed E-state index contributed by atoms with van der Waals surface area (Å²) in [6.45, 7) is 1.08. The van der Waals surface area contributed by atoms with Crippen molar-refractivity contribution in [1.82, 2.24) is 0 Å². The van der Waals surface area contributed by atoms with E-state index in [2.05, 4.69) is 15.5 Å². The van der Waals surface area contributed by atoms with E-state index in [1.165, 1.54) is 13.2 Å². The molecule has 174 valence electrons. The Kier molecular flexibility index (Phi) is 6.37. The lowest BCUT2D eigenvalue weighted by molar-refractivity contribution is -0.114. The van der Waals surface area contributed by atoms with Gasteiger partial charge in [-0.15, -0.1) is 10.2 Å². The molecule has 0 aliphatic rings. The van der Waals surface area contributed by atoms with E-state index in [9.17, 15) is 35.8 Å². The van der Waals surface area contributed by atoms with Gasteiger partial charge in [-0.05, 0) is 35.7 Å². The lowest BCUT2D eigenvalue weighted by atomic mass is 10.1. The van der Waals surface area contributed by atoms with E-state index in [1.807, 2.05) is 0 Å². The highest BCUT2D eigenvalue weighted by Gasteiger charge is 2.22. The monoisotopic (exact) mass is 493 g/mol. The number of carbonyl (C=O) groups excluding carboxylic acids is 1. The molecule has 0 saturated carbocycles. The van der Waals surface area contributed by atoms with Gasteiger partial charge in [-0.1, -0.05) is 12.1 Å². The third kappa shape index (κ3) is 5.09. The summed E-state index contributed by atoms with van der Waals surface area (Å²) in [4.78, 5) is 9.75. The summed E-state index contributed by atoms with van der Waals surface area (Å²) in [5, 5.41) is 20.0. The Hall–Kier alpha value is -3.59. The van der Waals surface area contributed by atoms with Crippen molar-refractivity contribution >= 4 is 54.0 Å². The number of para-hydroxylation sites is 1. The molecule has 0 radical (unpaired) electrons. The number of nitrogens with one attached hydrogen (secondary N) is 1. The number of nitrogens with zero attached hydrogens (tertiary/aromatic N) is 2. The standard InChI is InChI=1S/C19H17N3O9S2/c1-10(23)20-14-9-12(32(25,26)27)7-11-8-16(33(28,29)30)18(19(24)17(11)14)22-21-13-5-3-4-6-15(13)31-2/h3-9,24H,1-2H3,(H,20,23)(H,25,26,27)(H,28,29,30)/p-2. The highest BCUT2D eigenvalue weighted by Crippen LogP contribution is 2.45. The molecule has 3 rings (SSSR count). The van der Waals surface area contributed by atoms with Crippen molar-refractivity contribution in [2.24, 2.45) is 10.2 Å². The molecular weight excluding hydrogens is 478 g/mol. The van der Waals surface area contributed by atoms with Gasteiger partial charge in [-0.2, -0.15) is 0 Å². The molecule has 0 unspecified atom stereocenters. The average Bonchev–Trinajstić information content (AvgIpc) is 2.70. The summed E-state index contributed by atoms with van der Waals surface area (Å²) in [5.41, 5.74) is -0.938. The normalized spacial score (nSPS) is 12.2. The van der Waals surface area contributed by atoms with Crippen LogP contribution < -0.4 is 10.1 Å². The Balaban J connectivity index is 2.41. The van der Waals surface area contributed by atoms with Crippen LogP contribution in [0.4, 0.5) is 17.1 Å². The second-order valence-electron chi connectivity index (χ2n) is 6.60. The first-order valence-electron chi connectivity index (χ1n) is 8.90. The number of hydrogen-bond acceptors (Lipinski definition) is 11. The number of rotatable bonds is 6. The maximum atomic E-state index is 11.9. The molecular formula is C19H15N3O9S2-2. The van der Waals surface area contributed by atoms with E-state index < -0.39 is 47.4 Å². The van der Waals surface area contributed by atoms with Crippen molar-refractivity contribution < 1.29 is 40.6 Å². The van der Waals surface area contributed by atoms with Gasteiger partial charge >= 0.3 is 0 Å². The fraction of sp³-hybridized carbons (Fsp3) is 0.105. The van der Waals surface area contributed by atoms with Crippen LogP contribution in [-0.4, -0.2) is 44.1 Å². The molecule has 0 heterocycles. The Morgan fingerprint density at radius 1 is 1.03 bits per heavy atom. The van der Waals surface area contributed by atoms with Crippen LogP contribution in [0, 0.1) is 0 Å². The van der Waals surface area contributed by atoms with Crippen molar-refractivity contribution in [2.45, 2.75) is 16.7 Å². The second kappa shape index (κ2) is 8.74. The number of phenolic OH excluding ortho intramolecular Hbond substituents is 1. The summed E-state index contributed by atoms with van der Waals surface area (Å²) >= 11 is 0. The van der Waals surface area contributed by atoms with E-state index in [-0.39, 0.29) is 27.9 Å². The Bertz CT molecular complexity index is 1520. The number of fused-ring (bicyclic) bond motifs is 1. The number of anilines is 1. The topological polar surface area (TPSA) is 198 Å². The maximum absolute atomic E-state index is 11.9. The van der Waals surface area contributed by atoms with Crippen LogP contribution in [0.5, 0.6) is 11.5 Å². The van der Waals surface area contributed by atoms with Gasteiger partial charge in [0.05, 0.1) is 22.6 Å². The quantitative estimate of drug-likeness (QED) is 0.383. The van der Waals surface area contributed by atoms with Crippen molar-refractivity contribution in [1.29, 1.82) is 0 Å². The lowest BCUT2D eigenvalue weighted by Gasteiger charge is -2.18. The van der Waals surface area contributed by atoms with E-state index >= 15 is 0 Å². The van der Waals surface area contributed by atoms with Gasteiger partial charge in [-0.25, -0.2) is 16.8 Å². The Morgan fingerprint density at radius 2 is 1.70 bits per heavy atom. The summed E-state index contributed by atoms with van der Waals surface area (Å²) < 4.78 is 75.3. The molecule has 0 atom stereocenters. The van der Waals surface area contributed by atoms with Gasteiger partial charge in [0.25, 0.3) is 0 Å². The Morgan fingerprint density at radius 3 is 2.27 bits per heavy atom. The largest absolute Gasteiger partial charge is 0.744 e. The average molecular weight is 493 g/mol. The molecule has 0 aliphatic heterocycles. The highest BCUT2D eigenvalue weighted by molar-refractivity contribution is 7.86. The minimum Gasteiger partial charge on any atom is -0.744 e. The predicted octanol–water partition coefficient (Wildman–Crippen LogP) is 2.74. The van der Waals surface area contributed by atoms with Gasteiger partial charge in [0.1, 0.15) is 37.4 Å². The molecule has 0 fully saturated rings. The molecule has 0 aromatic heterocycles. The molecule has 33 heavy (non-hydrogen) atoms. The zero-order valence-corrected chi connectivity index (χ0v) is 18.6. The number of benzene rings is 3. The van der Waals surface area contributed by atoms with Gasteiger partial charge in [0, 0.05) is 12.3 Å². The summed E-state index contributed by atoms with van der Waals surface area (Å²) in [6.07, 6.45) is 0. The summed E-state index contributed by atoms with van der Waals surface area (Å²) in [7, 11) is -8.95. The molecule has 2 N–H and O–H groups in total. The van der Waals surface area contributed by atoms with E-state index in [1.54, 1.807) is 18.2 Å². The van der Waals surface area contributed by atoms with E-state index in [4.69, 9.17) is 4.74 Å². The highest BCUT2D eigenvalue weighted by atomic mass is 32.2. The molecule has 3 aromatic carbocycles. The number of aromatic hydroxyl groups is 1. The molecule has 0 spiro atoms. The minimum atomic E-state index is -5.26. The summed E-state index contributed by atoms with van der Waals surface area (Å²) in [5.74, 6) is -1.31. The van der Waals surface area contributed by atoms with Gasteiger partial charge in [-0.3, -0.25) is 4.79 Å². The fourth-order valence-corrected chi connectivity index (χ4v) is 4.17. The number of carbonyl (C=O) groups is 1. The van der Waals surface area contributed by atoms with Crippen molar-refractivity contribution in [3.8, 4) is 11.5 Å². The Labute approximate surface area is 188 Å². The lowest BCUT2D eigenvalue weighted by Crippen LogP contribution is -2.09.